The third-order valence-electron chi connectivity index (χ3n) is 1.87. The summed E-state index contributed by atoms with van der Waals surface area (Å²) in [6.07, 6.45) is 4.54. The van der Waals surface area contributed by atoms with Gasteiger partial charge >= 0.3 is 0 Å². The Balaban J connectivity index is 4.04. The zero-order valence-corrected chi connectivity index (χ0v) is 9.14. The van der Waals surface area contributed by atoms with E-state index in [9.17, 15) is 9.90 Å². The van der Waals surface area contributed by atoms with Crippen molar-refractivity contribution < 1.29 is 14.6 Å². The van der Waals surface area contributed by atoms with Gasteiger partial charge in [0.05, 0.1) is 18.8 Å². The molecule has 5 heteroatoms. The van der Waals surface area contributed by atoms with Crippen LogP contribution in [0.2, 0.25) is 0 Å². The highest BCUT2D eigenvalue weighted by Crippen LogP contribution is 1.96. The van der Waals surface area contributed by atoms with Crippen molar-refractivity contribution in [3.8, 4) is 12.3 Å². The average Bonchev–Trinajstić information content (AvgIpc) is 2.17. The van der Waals surface area contributed by atoms with Gasteiger partial charge in [0.25, 0.3) is 0 Å². The number of methoxy groups -OCH3 is 1. The van der Waals surface area contributed by atoms with E-state index in [1.54, 1.807) is 7.05 Å². The summed E-state index contributed by atoms with van der Waals surface area (Å²) in [6.45, 7) is 0.368. The van der Waals surface area contributed by atoms with Gasteiger partial charge in [0.2, 0.25) is 5.91 Å². The maximum Gasteiger partial charge on any atom is 0.240 e. The van der Waals surface area contributed by atoms with E-state index in [1.165, 1.54) is 12.0 Å². The minimum absolute atomic E-state index is 0.183. The molecule has 2 atom stereocenters. The van der Waals surface area contributed by atoms with E-state index < -0.39 is 12.1 Å². The van der Waals surface area contributed by atoms with Gasteiger partial charge in [-0.3, -0.25) is 4.79 Å². The van der Waals surface area contributed by atoms with Gasteiger partial charge < -0.3 is 20.5 Å². The maximum absolute atomic E-state index is 11.5. The molecule has 86 valence electrons. The summed E-state index contributed by atoms with van der Waals surface area (Å²) in [7, 11) is 3.05. The van der Waals surface area contributed by atoms with Crippen LogP contribution < -0.4 is 5.73 Å². The van der Waals surface area contributed by atoms with Crippen molar-refractivity contribution in [2.75, 3.05) is 27.3 Å². The molecule has 0 bridgehead atoms. The van der Waals surface area contributed by atoms with Crippen molar-refractivity contribution in [2.45, 2.75) is 18.6 Å². The summed E-state index contributed by atoms with van der Waals surface area (Å²) in [5.74, 6) is 2.05. The lowest BCUT2D eigenvalue weighted by molar-refractivity contribution is -0.132. The molecule has 0 radical (unpaired) electrons. The lowest BCUT2D eigenvalue weighted by atomic mass is 10.2. The Morgan fingerprint density at radius 1 is 1.73 bits per heavy atom. The van der Waals surface area contributed by atoms with Gasteiger partial charge in [0, 0.05) is 27.1 Å². The number of hydrogen-bond acceptors (Lipinski definition) is 4. The van der Waals surface area contributed by atoms with Gasteiger partial charge in [0.15, 0.2) is 0 Å². The van der Waals surface area contributed by atoms with Crippen LogP contribution in [0.3, 0.4) is 0 Å². The molecule has 0 aromatic heterocycles. The molecule has 0 aliphatic carbocycles. The number of carbonyl (C=O) groups is 1. The van der Waals surface area contributed by atoms with Crippen molar-refractivity contribution in [3.05, 3.63) is 0 Å². The molecule has 0 rings (SSSR count). The zero-order valence-electron chi connectivity index (χ0n) is 9.14. The summed E-state index contributed by atoms with van der Waals surface area (Å²) in [4.78, 5) is 12.9. The highest BCUT2D eigenvalue weighted by Gasteiger charge is 2.19. The van der Waals surface area contributed by atoms with Crippen molar-refractivity contribution in [1.29, 1.82) is 0 Å². The first-order valence-corrected chi connectivity index (χ1v) is 4.64. The molecule has 0 aliphatic heterocycles. The van der Waals surface area contributed by atoms with E-state index >= 15 is 0 Å². The standard InChI is InChI=1S/C10H18N2O3/c1-4-5-9(11)10(14)12(2)6-8(13)7-15-3/h1,8-9,13H,5-7,11H2,2-3H3. The molecule has 1 amide bonds. The molecule has 0 fully saturated rings. The molecule has 0 aliphatic rings. The summed E-state index contributed by atoms with van der Waals surface area (Å²) in [5, 5.41) is 9.38. The lowest BCUT2D eigenvalue weighted by Gasteiger charge is -2.22. The number of hydrogen-bond donors (Lipinski definition) is 2. The Hall–Kier alpha value is -1.09. The molecule has 0 aromatic rings. The first-order chi connectivity index (χ1) is 7.02. The number of carbonyl (C=O) groups excluding carboxylic acids is 1. The number of aliphatic hydroxyl groups is 1. The molecular formula is C10H18N2O3. The van der Waals surface area contributed by atoms with E-state index in [2.05, 4.69) is 5.92 Å². The number of nitrogens with zero attached hydrogens (tertiary/aromatic N) is 1. The van der Waals surface area contributed by atoms with Gasteiger partial charge in [0.1, 0.15) is 0 Å². The summed E-state index contributed by atoms with van der Waals surface area (Å²) in [5.41, 5.74) is 5.53. The van der Waals surface area contributed by atoms with E-state index in [-0.39, 0.29) is 25.5 Å². The van der Waals surface area contributed by atoms with E-state index in [0.717, 1.165) is 0 Å². The van der Waals surface area contributed by atoms with Gasteiger partial charge in [-0.1, -0.05) is 0 Å². The second-order valence-electron chi connectivity index (χ2n) is 3.34. The number of amides is 1. The Morgan fingerprint density at radius 3 is 2.80 bits per heavy atom. The summed E-state index contributed by atoms with van der Waals surface area (Å²) >= 11 is 0. The number of ether oxygens (including phenoxy) is 1. The predicted molar refractivity (Wildman–Crippen MR) is 56.9 cm³/mol. The molecular weight excluding hydrogens is 196 g/mol. The molecule has 0 aromatic carbocycles. The molecule has 0 heterocycles. The number of aliphatic hydroxyl groups excluding tert-OH is 1. The van der Waals surface area contributed by atoms with Crippen LogP contribution in [0.5, 0.6) is 0 Å². The number of terminal acetylenes is 1. The van der Waals surface area contributed by atoms with E-state index in [0.29, 0.717) is 0 Å². The minimum Gasteiger partial charge on any atom is -0.389 e. The van der Waals surface area contributed by atoms with Crippen LogP contribution in [-0.4, -0.2) is 55.4 Å². The van der Waals surface area contributed by atoms with Crippen molar-refractivity contribution in [3.63, 3.8) is 0 Å². The Kier molecular flexibility index (Phi) is 6.71. The fourth-order valence-electron chi connectivity index (χ4n) is 1.15. The fourth-order valence-corrected chi connectivity index (χ4v) is 1.15. The zero-order chi connectivity index (χ0) is 11.8. The highest BCUT2D eigenvalue weighted by molar-refractivity contribution is 5.81. The first kappa shape index (κ1) is 13.9. The van der Waals surface area contributed by atoms with Crippen molar-refractivity contribution in [1.82, 2.24) is 4.90 Å². The van der Waals surface area contributed by atoms with Crippen molar-refractivity contribution >= 4 is 5.91 Å². The van der Waals surface area contributed by atoms with Crippen LogP contribution in [0.1, 0.15) is 6.42 Å². The molecule has 0 spiro atoms. The second-order valence-corrected chi connectivity index (χ2v) is 3.34. The Bertz CT molecular complexity index is 237. The molecule has 15 heavy (non-hydrogen) atoms. The highest BCUT2D eigenvalue weighted by atomic mass is 16.5. The molecule has 0 saturated carbocycles. The molecule has 2 unspecified atom stereocenters. The number of rotatable bonds is 6. The first-order valence-electron chi connectivity index (χ1n) is 4.64. The van der Waals surface area contributed by atoms with Gasteiger partial charge in [-0.05, 0) is 0 Å². The minimum atomic E-state index is -0.706. The maximum atomic E-state index is 11.5. The Morgan fingerprint density at radius 2 is 2.33 bits per heavy atom. The predicted octanol–water partition coefficient (Wildman–Crippen LogP) is -1.20. The van der Waals surface area contributed by atoms with E-state index in [4.69, 9.17) is 16.9 Å². The van der Waals surface area contributed by atoms with Gasteiger partial charge in [-0.15, -0.1) is 12.3 Å². The van der Waals surface area contributed by atoms with Gasteiger partial charge in [-0.2, -0.15) is 0 Å². The smallest absolute Gasteiger partial charge is 0.240 e. The number of likely N-dealkylation sites (N-methyl/N-ethyl adjacent to an activating group) is 1. The molecule has 0 saturated heterocycles. The van der Waals surface area contributed by atoms with Crippen molar-refractivity contribution in [2.24, 2.45) is 5.73 Å². The van der Waals surface area contributed by atoms with Crippen LogP contribution in [0, 0.1) is 12.3 Å². The van der Waals surface area contributed by atoms with Crippen LogP contribution in [0.4, 0.5) is 0 Å². The van der Waals surface area contributed by atoms with Crippen LogP contribution >= 0.6 is 0 Å². The van der Waals surface area contributed by atoms with Crippen LogP contribution in [0.25, 0.3) is 0 Å². The second kappa shape index (κ2) is 7.23. The van der Waals surface area contributed by atoms with Crippen LogP contribution in [0.15, 0.2) is 0 Å². The largest absolute Gasteiger partial charge is 0.389 e. The van der Waals surface area contributed by atoms with E-state index in [1.807, 2.05) is 0 Å². The quantitative estimate of drug-likeness (QED) is 0.545. The topological polar surface area (TPSA) is 75.8 Å². The SMILES string of the molecule is C#CCC(N)C(=O)N(C)CC(O)COC. The summed E-state index contributed by atoms with van der Waals surface area (Å²) in [6, 6.07) is -0.699. The summed E-state index contributed by atoms with van der Waals surface area (Å²) < 4.78 is 4.74. The third-order valence-corrected chi connectivity index (χ3v) is 1.87. The fraction of sp³-hybridized carbons (Fsp3) is 0.700. The third kappa shape index (κ3) is 5.37. The monoisotopic (exact) mass is 214 g/mol. The molecule has 5 nitrogen and oxygen atoms in total. The van der Waals surface area contributed by atoms with Gasteiger partial charge in [-0.25, -0.2) is 0 Å². The molecule has 3 N–H and O–H groups in total. The lowest BCUT2D eigenvalue weighted by Crippen LogP contribution is -2.45. The average molecular weight is 214 g/mol. The Labute approximate surface area is 90.2 Å². The van der Waals surface area contributed by atoms with Crippen LogP contribution in [-0.2, 0) is 9.53 Å². The normalized spacial score (nSPS) is 14.1. The number of nitrogens with two attached hydrogens (primary N) is 1.